The maximum absolute atomic E-state index is 10.5. The first-order chi connectivity index (χ1) is 7.81. The van der Waals surface area contributed by atoms with Crippen LogP contribution in [0.15, 0.2) is 0 Å². The fourth-order valence-electron chi connectivity index (χ4n) is 1.63. The molecule has 0 radical (unpaired) electrons. The number of hydrogen-bond donors (Lipinski definition) is 3. The number of quaternary nitrogens is 1. The topological polar surface area (TPSA) is 129 Å². The number of aliphatic hydroxyl groups excluding tert-OH is 1. The Morgan fingerprint density at radius 3 is 1.94 bits per heavy atom. The van der Waals surface area contributed by atoms with Crippen molar-refractivity contribution in [3.63, 3.8) is 0 Å². The first-order valence-corrected chi connectivity index (χ1v) is 8.43. The maximum atomic E-state index is 10.5. The van der Waals surface area contributed by atoms with Gasteiger partial charge in [-0.05, 0) is 0 Å². The summed E-state index contributed by atoms with van der Waals surface area (Å²) in [4.78, 5) is 0. The quantitative estimate of drug-likeness (QED) is 0.371. The van der Waals surface area contributed by atoms with Gasteiger partial charge in [0.1, 0.15) is 18.4 Å². The van der Waals surface area contributed by atoms with Crippen LogP contribution >= 0.6 is 0 Å². The Bertz CT molecular complexity index is 454. The van der Waals surface area contributed by atoms with Gasteiger partial charge in [0.25, 0.3) is 20.2 Å². The lowest BCUT2D eigenvalue weighted by Gasteiger charge is -2.31. The molecule has 0 amide bonds. The molecule has 0 bridgehead atoms. The molecule has 8 nitrogen and oxygen atoms in total. The summed E-state index contributed by atoms with van der Waals surface area (Å²) in [6.07, 6.45) is -1.05. The molecular formula is C8H20NO7S2+. The number of hydrogen-bond acceptors (Lipinski definition) is 5. The van der Waals surface area contributed by atoms with Crippen LogP contribution in [-0.2, 0) is 20.2 Å². The molecule has 0 aromatic carbocycles. The van der Waals surface area contributed by atoms with E-state index >= 15 is 0 Å². The van der Waals surface area contributed by atoms with Crippen molar-refractivity contribution in [3.8, 4) is 0 Å². The standard InChI is InChI=1S/C8H19NO7S2/c1-9(2,4-3-5-17(11,12)13)6-8(10)7-18(14,15)16/h8,10H,3-7H2,1-2H3,(H-,11,12,13,14,15,16)/p+1. The number of aliphatic hydroxyl groups is 1. The Morgan fingerprint density at radius 1 is 1.06 bits per heavy atom. The van der Waals surface area contributed by atoms with Gasteiger partial charge in [0, 0.05) is 6.42 Å². The van der Waals surface area contributed by atoms with E-state index < -0.39 is 32.1 Å². The second-order valence-electron chi connectivity index (χ2n) is 4.88. The summed E-state index contributed by atoms with van der Waals surface area (Å²) in [6.45, 7) is 0.383. The molecule has 0 aliphatic carbocycles. The molecule has 0 saturated carbocycles. The Balaban J connectivity index is 4.22. The number of likely N-dealkylation sites (N-methyl/N-ethyl adjacent to an activating group) is 1. The van der Waals surface area contributed by atoms with Crippen LogP contribution in [0.3, 0.4) is 0 Å². The van der Waals surface area contributed by atoms with Gasteiger partial charge in [0.15, 0.2) is 0 Å². The maximum Gasteiger partial charge on any atom is 0.267 e. The molecule has 0 saturated heterocycles. The van der Waals surface area contributed by atoms with E-state index in [9.17, 15) is 21.9 Å². The van der Waals surface area contributed by atoms with Crippen LogP contribution in [0.2, 0.25) is 0 Å². The Kier molecular flexibility index (Phi) is 6.17. The molecule has 3 N–H and O–H groups in total. The molecule has 0 spiro atoms. The molecule has 0 aliphatic heterocycles. The van der Waals surface area contributed by atoms with Gasteiger partial charge in [-0.15, -0.1) is 0 Å². The van der Waals surface area contributed by atoms with Crippen LogP contribution in [0.5, 0.6) is 0 Å². The normalized spacial score (nSPS) is 15.6. The van der Waals surface area contributed by atoms with E-state index in [-0.39, 0.29) is 23.2 Å². The lowest BCUT2D eigenvalue weighted by molar-refractivity contribution is -0.893. The molecular weight excluding hydrogens is 286 g/mol. The summed E-state index contributed by atoms with van der Waals surface area (Å²) in [6, 6.07) is 0. The first-order valence-electron chi connectivity index (χ1n) is 5.21. The molecule has 0 heterocycles. The molecule has 1 atom stereocenters. The highest BCUT2D eigenvalue weighted by molar-refractivity contribution is 7.86. The molecule has 1 unspecified atom stereocenters. The zero-order valence-corrected chi connectivity index (χ0v) is 12.0. The van der Waals surface area contributed by atoms with Crippen LogP contribution in [0.1, 0.15) is 6.42 Å². The summed E-state index contributed by atoms with van der Waals surface area (Å²) < 4.78 is 59.4. The third-order valence-corrected chi connectivity index (χ3v) is 3.88. The average Bonchev–Trinajstić information content (AvgIpc) is 1.93. The van der Waals surface area contributed by atoms with Gasteiger partial charge in [-0.2, -0.15) is 16.8 Å². The van der Waals surface area contributed by atoms with E-state index in [2.05, 4.69) is 0 Å². The molecule has 0 aromatic rings. The minimum atomic E-state index is -4.24. The summed E-state index contributed by atoms with van der Waals surface area (Å²) in [5, 5.41) is 9.46. The van der Waals surface area contributed by atoms with Gasteiger partial charge < -0.3 is 9.59 Å². The highest BCUT2D eigenvalue weighted by Crippen LogP contribution is 2.04. The van der Waals surface area contributed by atoms with Gasteiger partial charge in [0.05, 0.1) is 26.4 Å². The third kappa shape index (κ3) is 10.9. The van der Waals surface area contributed by atoms with Crippen LogP contribution in [0.4, 0.5) is 0 Å². The van der Waals surface area contributed by atoms with E-state index in [1.807, 2.05) is 0 Å². The smallest absolute Gasteiger partial charge is 0.267 e. The van der Waals surface area contributed by atoms with Crippen LogP contribution in [0.25, 0.3) is 0 Å². The van der Waals surface area contributed by atoms with Crippen molar-refractivity contribution in [2.24, 2.45) is 0 Å². The predicted molar refractivity (Wildman–Crippen MR) is 65.3 cm³/mol. The van der Waals surface area contributed by atoms with Crippen molar-refractivity contribution in [2.75, 3.05) is 38.7 Å². The first kappa shape index (κ1) is 17.7. The van der Waals surface area contributed by atoms with E-state index in [1.165, 1.54) is 0 Å². The summed E-state index contributed by atoms with van der Waals surface area (Å²) >= 11 is 0. The van der Waals surface area contributed by atoms with Crippen molar-refractivity contribution >= 4 is 20.2 Å². The molecule has 10 heteroatoms. The molecule has 18 heavy (non-hydrogen) atoms. The lowest BCUT2D eigenvalue weighted by atomic mass is 10.3. The van der Waals surface area contributed by atoms with E-state index in [4.69, 9.17) is 9.11 Å². The molecule has 0 rings (SSSR count). The number of nitrogens with zero attached hydrogens (tertiary/aromatic N) is 1. The van der Waals surface area contributed by atoms with Crippen LogP contribution in [-0.4, -0.2) is 80.3 Å². The van der Waals surface area contributed by atoms with Crippen molar-refractivity contribution in [1.82, 2.24) is 0 Å². The van der Waals surface area contributed by atoms with Crippen molar-refractivity contribution in [3.05, 3.63) is 0 Å². The largest absolute Gasteiger partial charge is 0.386 e. The minimum absolute atomic E-state index is 0.0469. The minimum Gasteiger partial charge on any atom is -0.386 e. The Labute approximate surface area is 107 Å². The second kappa shape index (κ2) is 6.26. The second-order valence-corrected chi connectivity index (χ2v) is 7.95. The van der Waals surface area contributed by atoms with Gasteiger partial charge in [0.2, 0.25) is 0 Å². The summed E-state index contributed by atoms with van der Waals surface area (Å²) in [7, 11) is -4.89. The number of rotatable bonds is 8. The summed E-state index contributed by atoms with van der Waals surface area (Å²) in [5.41, 5.74) is 0. The Hall–Kier alpha value is -0.260. The zero-order valence-electron chi connectivity index (χ0n) is 10.4. The van der Waals surface area contributed by atoms with Crippen molar-refractivity contribution < 1.29 is 35.5 Å². The zero-order chi connectivity index (χ0) is 14.6. The van der Waals surface area contributed by atoms with Crippen molar-refractivity contribution in [1.29, 1.82) is 0 Å². The predicted octanol–water partition coefficient (Wildman–Crippen LogP) is -1.41. The van der Waals surface area contributed by atoms with Gasteiger partial charge in [-0.25, -0.2) is 0 Å². The lowest BCUT2D eigenvalue weighted by Crippen LogP contribution is -2.48. The monoisotopic (exact) mass is 306 g/mol. The SMILES string of the molecule is C[N+](C)(CCCS(=O)(=O)O)CC(O)CS(=O)(=O)O. The fraction of sp³-hybridized carbons (Fsp3) is 1.00. The van der Waals surface area contributed by atoms with Crippen molar-refractivity contribution in [2.45, 2.75) is 12.5 Å². The van der Waals surface area contributed by atoms with E-state index in [0.29, 0.717) is 6.54 Å². The average molecular weight is 306 g/mol. The van der Waals surface area contributed by atoms with Crippen LogP contribution in [0, 0.1) is 0 Å². The van der Waals surface area contributed by atoms with Gasteiger partial charge in [-0.1, -0.05) is 0 Å². The van der Waals surface area contributed by atoms with Crippen LogP contribution < -0.4 is 0 Å². The van der Waals surface area contributed by atoms with E-state index in [0.717, 1.165) is 0 Å². The van der Waals surface area contributed by atoms with Gasteiger partial charge in [-0.3, -0.25) is 9.11 Å². The van der Waals surface area contributed by atoms with E-state index in [1.54, 1.807) is 14.1 Å². The molecule has 0 aliphatic rings. The summed E-state index contributed by atoms with van der Waals surface area (Å²) in [5.74, 6) is -1.14. The highest BCUT2D eigenvalue weighted by Gasteiger charge is 2.24. The fourth-order valence-corrected chi connectivity index (χ4v) is 2.72. The van der Waals surface area contributed by atoms with Gasteiger partial charge >= 0.3 is 0 Å². The molecule has 0 fully saturated rings. The Morgan fingerprint density at radius 2 is 1.56 bits per heavy atom. The molecule has 110 valence electrons. The highest BCUT2D eigenvalue weighted by atomic mass is 32.2. The third-order valence-electron chi connectivity index (χ3n) is 2.27. The molecule has 0 aromatic heterocycles.